The largest absolute Gasteiger partial charge is 0.478 e. The van der Waals surface area contributed by atoms with E-state index >= 15 is 0 Å². The molecule has 2 rings (SSSR count). The average Bonchev–Trinajstić information content (AvgIpc) is 2.83. The molecule has 2 heterocycles. The van der Waals surface area contributed by atoms with E-state index in [0.29, 0.717) is 0 Å². The zero-order valence-electron chi connectivity index (χ0n) is 11.3. The predicted octanol–water partition coefficient (Wildman–Crippen LogP) is 2.94. The number of pyridine rings is 1. The summed E-state index contributed by atoms with van der Waals surface area (Å²) in [7, 11) is 0. The number of aromatic nitrogens is 1. The zero-order valence-corrected chi connectivity index (χ0v) is 11.3. The number of carboxylic acids is 1. The quantitative estimate of drug-likeness (QED) is 0.910. The molecule has 0 spiro atoms. The third kappa shape index (κ3) is 2.41. The van der Waals surface area contributed by atoms with E-state index in [2.05, 4.69) is 18.8 Å². The Balaban J connectivity index is 2.30. The minimum Gasteiger partial charge on any atom is -0.478 e. The first-order chi connectivity index (χ1) is 9.03. The lowest BCUT2D eigenvalue weighted by Gasteiger charge is -2.26. The molecule has 19 heavy (non-hydrogen) atoms. The van der Waals surface area contributed by atoms with Crippen LogP contribution in [0.2, 0.25) is 0 Å². The molecule has 104 valence electrons. The summed E-state index contributed by atoms with van der Waals surface area (Å²) in [6, 6.07) is 1.20. The van der Waals surface area contributed by atoms with E-state index in [-0.39, 0.29) is 16.8 Å². The molecule has 0 saturated carbocycles. The summed E-state index contributed by atoms with van der Waals surface area (Å²) >= 11 is 0. The molecule has 5 heteroatoms. The van der Waals surface area contributed by atoms with Crippen molar-refractivity contribution >= 4 is 11.8 Å². The van der Waals surface area contributed by atoms with Crippen LogP contribution in [0.3, 0.4) is 0 Å². The fourth-order valence-electron chi connectivity index (χ4n) is 2.76. The lowest BCUT2D eigenvalue weighted by atomic mass is 9.82. The number of carbonyl (C=O) groups is 1. The second-order valence-corrected chi connectivity index (χ2v) is 5.18. The zero-order chi connectivity index (χ0) is 14.0. The van der Waals surface area contributed by atoms with Crippen LogP contribution in [0.4, 0.5) is 10.2 Å². The van der Waals surface area contributed by atoms with Crippen LogP contribution in [0, 0.1) is 11.2 Å². The molecule has 0 radical (unpaired) electrons. The van der Waals surface area contributed by atoms with Gasteiger partial charge in [-0.15, -0.1) is 0 Å². The van der Waals surface area contributed by atoms with Gasteiger partial charge < -0.3 is 10.0 Å². The Morgan fingerprint density at radius 3 is 2.74 bits per heavy atom. The van der Waals surface area contributed by atoms with Gasteiger partial charge in [0.15, 0.2) is 11.6 Å². The highest BCUT2D eigenvalue weighted by Gasteiger charge is 2.36. The summed E-state index contributed by atoms with van der Waals surface area (Å²) < 4.78 is 14.1. The summed E-state index contributed by atoms with van der Waals surface area (Å²) in [4.78, 5) is 16.8. The molecule has 0 aliphatic carbocycles. The monoisotopic (exact) mass is 266 g/mol. The molecular formula is C14H19FN2O2. The lowest BCUT2D eigenvalue weighted by molar-refractivity contribution is 0.0691. The number of rotatable bonds is 4. The van der Waals surface area contributed by atoms with Gasteiger partial charge in [0.25, 0.3) is 0 Å². The van der Waals surface area contributed by atoms with Crippen molar-refractivity contribution in [3.05, 3.63) is 23.6 Å². The maximum Gasteiger partial charge on any atom is 0.338 e. The molecule has 4 nitrogen and oxygen atoms in total. The smallest absolute Gasteiger partial charge is 0.338 e. The molecule has 1 aromatic rings. The molecule has 1 saturated heterocycles. The molecule has 1 aromatic heterocycles. The van der Waals surface area contributed by atoms with E-state index in [1.807, 2.05) is 4.90 Å². The van der Waals surface area contributed by atoms with Crippen LogP contribution in [-0.2, 0) is 0 Å². The Labute approximate surface area is 112 Å². The van der Waals surface area contributed by atoms with Crippen molar-refractivity contribution in [1.82, 2.24) is 4.98 Å². The first kappa shape index (κ1) is 13.8. The molecule has 0 atom stereocenters. The second kappa shape index (κ2) is 5.15. The molecule has 1 aliphatic heterocycles. The fourth-order valence-corrected chi connectivity index (χ4v) is 2.76. The summed E-state index contributed by atoms with van der Waals surface area (Å²) in [5.74, 6) is -1.81. The van der Waals surface area contributed by atoms with Crippen LogP contribution >= 0.6 is 0 Å². The highest BCUT2D eigenvalue weighted by Crippen LogP contribution is 2.39. The summed E-state index contributed by atoms with van der Waals surface area (Å²) in [5.41, 5.74) is -0.108. The highest BCUT2D eigenvalue weighted by molar-refractivity contribution is 5.88. The van der Waals surface area contributed by atoms with Crippen molar-refractivity contribution in [1.29, 1.82) is 0 Å². The van der Waals surface area contributed by atoms with Gasteiger partial charge >= 0.3 is 5.97 Å². The van der Waals surface area contributed by atoms with Crippen LogP contribution in [0.15, 0.2) is 12.3 Å². The van der Waals surface area contributed by atoms with E-state index in [1.54, 1.807) is 0 Å². The number of aromatic carboxylic acids is 1. The van der Waals surface area contributed by atoms with Gasteiger partial charge in [-0.1, -0.05) is 13.8 Å². The summed E-state index contributed by atoms with van der Waals surface area (Å²) in [6.07, 6.45) is 4.44. The third-order valence-electron chi connectivity index (χ3n) is 4.34. The van der Waals surface area contributed by atoms with Gasteiger partial charge in [-0.25, -0.2) is 14.2 Å². The van der Waals surface area contributed by atoms with E-state index < -0.39 is 11.8 Å². The first-order valence-electron chi connectivity index (χ1n) is 6.66. The van der Waals surface area contributed by atoms with Crippen LogP contribution in [0.25, 0.3) is 0 Å². The summed E-state index contributed by atoms with van der Waals surface area (Å²) in [5, 5.41) is 8.94. The number of anilines is 1. The Kier molecular flexibility index (Phi) is 3.73. The first-order valence-corrected chi connectivity index (χ1v) is 6.66. The fraction of sp³-hybridized carbons (Fsp3) is 0.571. The molecule has 1 fully saturated rings. The molecular weight excluding hydrogens is 247 g/mol. The van der Waals surface area contributed by atoms with E-state index in [1.165, 1.54) is 12.3 Å². The molecule has 0 unspecified atom stereocenters. The minimum atomic E-state index is -1.25. The molecule has 0 aromatic carbocycles. The Hall–Kier alpha value is -1.65. The van der Waals surface area contributed by atoms with Gasteiger partial charge in [-0.3, -0.25) is 0 Å². The van der Waals surface area contributed by atoms with Crippen molar-refractivity contribution in [2.24, 2.45) is 5.41 Å². The standard InChI is InChI=1S/C14H19FN2O2/c1-3-14(4-2)6-8-17(9-14)12-11(15)10(13(18)19)5-7-16-12/h5,7H,3-4,6,8-9H2,1-2H3,(H,18,19). The maximum atomic E-state index is 14.1. The van der Waals surface area contributed by atoms with E-state index in [0.717, 1.165) is 32.4 Å². The highest BCUT2D eigenvalue weighted by atomic mass is 19.1. The second-order valence-electron chi connectivity index (χ2n) is 5.18. The SMILES string of the molecule is CCC1(CC)CCN(c2nccc(C(=O)O)c2F)C1. The van der Waals surface area contributed by atoms with Crippen LogP contribution in [-0.4, -0.2) is 29.1 Å². The van der Waals surface area contributed by atoms with Crippen LogP contribution in [0.1, 0.15) is 43.5 Å². The van der Waals surface area contributed by atoms with E-state index in [9.17, 15) is 9.18 Å². The van der Waals surface area contributed by atoms with Gasteiger partial charge in [0.2, 0.25) is 0 Å². The molecule has 0 amide bonds. The average molecular weight is 266 g/mol. The summed E-state index contributed by atoms with van der Waals surface area (Å²) in [6.45, 7) is 5.76. The minimum absolute atomic E-state index is 0.170. The number of nitrogens with zero attached hydrogens (tertiary/aromatic N) is 2. The third-order valence-corrected chi connectivity index (χ3v) is 4.34. The number of hydrogen-bond donors (Lipinski definition) is 1. The van der Waals surface area contributed by atoms with Crippen LogP contribution in [0.5, 0.6) is 0 Å². The number of hydrogen-bond acceptors (Lipinski definition) is 3. The van der Waals surface area contributed by atoms with Gasteiger partial charge in [0.05, 0.1) is 0 Å². The lowest BCUT2D eigenvalue weighted by Crippen LogP contribution is -2.27. The van der Waals surface area contributed by atoms with Gasteiger partial charge in [0.1, 0.15) is 5.56 Å². The number of halogens is 1. The Morgan fingerprint density at radius 1 is 1.53 bits per heavy atom. The Bertz CT molecular complexity index is 486. The normalized spacial score (nSPS) is 17.7. The van der Waals surface area contributed by atoms with Gasteiger partial charge in [0, 0.05) is 19.3 Å². The van der Waals surface area contributed by atoms with Gasteiger partial charge in [-0.05, 0) is 30.7 Å². The van der Waals surface area contributed by atoms with Crippen molar-refractivity contribution < 1.29 is 14.3 Å². The predicted molar refractivity (Wildman–Crippen MR) is 71.0 cm³/mol. The van der Waals surface area contributed by atoms with E-state index in [4.69, 9.17) is 5.11 Å². The molecule has 0 bridgehead atoms. The van der Waals surface area contributed by atoms with Crippen molar-refractivity contribution in [3.63, 3.8) is 0 Å². The topological polar surface area (TPSA) is 53.4 Å². The van der Waals surface area contributed by atoms with Crippen molar-refractivity contribution in [2.45, 2.75) is 33.1 Å². The maximum absolute atomic E-state index is 14.1. The number of carboxylic acid groups (broad SMARTS) is 1. The molecule has 1 aliphatic rings. The van der Waals surface area contributed by atoms with Gasteiger partial charge in [-0.2, -0.15) is 0 Å². The van der Waals surface area contributed by atoms with Crippen molar-refractivity contribution in [3.8, 4) is 0 Å². The van der Waals surface area contributed by atoms with Crippen molar-refractivity contribution in [2.75, 3.05) is 18.0 Å². The Morgan fingerprint density at radius 2 is 2.21 bits per heavy atom. The van der Waals surface area contributed by atoms with Crippen LogP contribution < -0.4 is 4.90 Å². The molecule has 1 N–H and O–H groups in total.